The SMILES string of the molecule is CC.Cc1c(C)c(C)c2c3c(cc(O)c2c1C)C(N(C)C)(N(C)C)c1ccccc1-3. The van der Waals surface area contributed by atoms with Crippen LogP contribution in [-0.2, 0) is 5.66 Å². The van der Waals surface area contributed by atoms with E-state index in [0.29, 0.717) is 5.75 Å². The van der Waals surface area contributed by atoms with E-state index < -0.39 is 5.66 Å². The highest BCUT2D eigenvalue weighted by molar-refractivity contribution is 6.08. The number of fused-ring (bicyclic) bond motifs is 5. The maximum absolute atomic E-state index is 11.2. The van der Waals surface area contributed by atoms with Crippen molar-refractivity contribution in [2.45, 2.75) is 47.2 Å². The third-order valence-electron chi connectivity index (χ3n) is 6.99. The van der Waals surface area contributed by atoms with E-state index in [1.807, 2.05) is 19.9 Å². The van der Waals surface area contributed by atoms with Crippen LogP contribution in [0.4, 0.5) is 0 Å². The first kappa shape index (κ1) is 22.3. The van der Waals surface area contributed by atoms with Gasteiger partial charge in [-0.05, 0) is 106 Å². The summed E-state index contributed by atoms with van der Waals surface area (Å²) >= 11 is 0. The van der Waals surface area contributed by atoms with Gasteiger partial charge in [0.2, 0.25) is 0 Å². The van der Waals surface area contributed by atoms with Gasteiger partial charge in [-0.15, -0.1) is 0 Å². The van der Waals surface area contributed by atoms with E-state index in [2.05, 4.69) is 90.0 Å². The van der Waals surface area contributed by atoms with E-state index in [1.54, 1.807) is 0 Å². The zero-order valence-corrected chi connectivity index (χ0v) is 20.2. The van der Waals surface area contributed by atoms with Crippen LogP contribution < -0.4 is 0 Å². The number of rotatable bonds is 2. The second kappa shape index (κ2) is 7.72. The van der Waals surface area contributed by atoms with Gasteiger partial charge in [0.15, 0.2) is 0 Å². The Morgan fingerprint density at radius 2 is 1.20 bits per heavy atom. The first-order valence-corrected chi connectivity index (χ1v) is 10.9. The van der Waals surface area contributed by atoms with E-state index in [0.717, 1.165) is 10.9 Å². The lowest BCUT2D eigenvalue weighted by molar-refractivity contribution is 0.0438. The van der Waals surface area contributed by atoms with Crippen molar-refractivity contribution in [3.05, 3.63) is 63.7 Å². The van der Waals surface area contributed by atoms with Crippen molar-refractivity contribution in [2.24, 2.45) is 0 Å². The lowest BCUT2D eigenvalue weighted by atomic mass is 9.85. The van der Waals surface area contributed by atoms with Crippen molar-refractivity contribution >= 4 is 10.8 Å². The van der Waals surface area contributed by atoms with Crippen molar-refractivity contribution in [1.82, 2.24) is 9.80 Å². The summed E-state index contributed by atoms with van der Waals surface area (Å²) in [4.78, 5) is 4.51. The Balaban J connectivity index is 0.00000124. The fraction of sp³-hybridized carbons (Fsp3) is 0.407. The minimum Gasteiger partial charge on any atom is -0.507 e. The monoisotopic (exact) mass is 404 g/mol. The lowest BCUT2D eigenvalue weighted by Gasteiger charge is -2.44. The fourth-order valence-electron chi connectivity index (χ4n) is 5.43. The summed E-state index contributed by atoms with van der Waals surface area (Å²) < 4.78 is 0. The van der Waals surface area contributed by atoms with Gasteiger partial charge in [-0.25, -0.2) is 0 Å². The van der Waals surface area contributed by atoms with E-state index in [4.69, 9.17) is 0 Å². The molecule has 30 heavy (non-hydrogen) atoms. The maximum atomic E-state index is 11.2. The van der Waals surface area contributed by atoms with Gasteiger partial charge in [-0.3, -0.25) is 9.80 Å². The fourth-order valence-corrected chi connectivity index (χ4v) is 5.43. The molecule has 0 radical (unpaired) electrons. The zero-order chi connectivity index (χ0) is 22.5. The molecule has 3 aromatic carbocycles. The van der Waals surface area contributed by atoms with E-state index in [9.17, 15) is 5.11 Å². The molecule has 0 saturated carbocycles. The number of benzene rings is 3. The average molecular weight is 405 g/mol. The Morgan fingerprint density at radius 1 is 0.700 bits per heavy atom. The van der Waals surface area contributed by atoms with Crippen LogP contribution in [0, 0.1) is 27.7 Å². The first-order chi connectivity index (χ1) is 14.2. The van der Waals surface area contributed by atoms with Crippen LogP contribution in [-0.4, -0.2) is 43.1 Å². The molecule has 0 aliphatic heterocycles. The van der Waals surface area contributed by atoms with Crippen molar-refractivity contribution in [1.29, 1.82) is 0 Å². The van der Waals surface area contributed by atoms with Gasteiger partial charge >= 0.3 is 0 Å². The Morgan fingerprint density at radius 3 is 1.73 bits per heavy atom. The van der Waals surface area contributed by atoms with Crippen LogP contribution in [0.2, 0.25) is 0 Å². The van der Waals surface area contributed by atoms with Crippen LogP contribution in [0.3, 0.4) is 0 Å². The minimum absolute atomic E-state index is 0.373. The second-order valence-electron chi connectivity index (χ2n) is 8.57. The molecule has 3 aromatic rings. The summed E-state index contributed by atoms with van der Waals surface area (Å²) in [5.41, 5.74) is 9.51. The summed E-state index contributed by atoms with van der Waals surface area (Å²) in [6.45, 7) is 12.7. The molecule has 0 spiro atoms. The van der Waals surface area contributed by atoms with Gasteiger partial charge in [0.05, 0.1) is 0 Å². The van der Waals surface area contributed by atoms with Crippen LogP contribution >= 0.6 is 0 Å². The normalized spacial score (nSPS) is 14.0. The molecule has 160 valence electrons. The van der Waals surface area contributed by atoms with Crippen LogP contribution in [0.15, 0.2) is 30.3 Å². The van der Waals surface area contributed by atoms with Gasteiger partial charge in [0, 0.05) is 10.9 Å². The molecule has 4 rings (SSSR count). The molecule has 0 unspecified atom stereocenters. The summed E-state index contributed by atoms with van der Waals surface area (Å²) in [6, 6.07) is 10.7. The van der Waals surface area contributed by atoms with E-state index in [-0.39, 0.29) is 0 Å². The molecule has 0 bridgehead atoms. The molecule has 1 aliphatic carbocycles. The molecule has 0 aromatic heterocycles. The van der Waals surface area contributed by atoms with Crippen molar-refractivity contribution < 1.29 is 5.11 Å². The number of phenolic OH excluding ortho intramolecular Hbond substituents is 1. The minimum atomic E-state index is -0.420. The molecular formula is C27H36N2O. The van der Waals surface area contributed by atoms with E-state index >= 15 is 0 Å². The number of phenols is 1. The number of aryl methyl sites for hydroxylation is 2. The highest BCUT2D eigenvalue weighted by Crippen LogP contribution is 2.56. The van der Waals surface area contributed by atoms with Gasteiger partial charge in [-0.2, -0.15) is 0 Å². The van der Waals surface area contributed by atoms with Gasteiger partial charge in [0.25, 0.3) is 0 Å². The Kier molecular flexibility index (Phi) is 5.74. The van der Waals surface area contributed by atoms with Gasteiger partial charge in [-0.1, -0.05) is 38.1 Å². The molecule has 0 saturated heterocycles. The first-order valence-electron chi connectivity index (χ1n) is 10.9. The third-order valence-corrected chi connectivity index (χ3v) is 6.99. The highest BCUT2D eigenvalue weighted by Gasteiger charge is 2.48. The molecule has 3 heteroatoms. The van der Waals surface area contributed by atoms with Crippen molar-refractivity contribution in [3.63, 3.8) is 0 Å². The van der Waals surface area contributed by atoms with Crippen LogP contribution in [0.1, 0.15) is 47.2 Å². The molecule has 0 heterocycles. The number of aromatic hydroxyl groups is 1. The van der Waals surface area contributed by atoms with Crippen molar-refractivity contribution in [2.75, 3.05) is 28.2 Å². The molecular weight excluding hydrogens is 368 g/mol. The predicted molar refractivity (Wildman–Crippen MR) is 129 cm³/mol. The van der Waals surface area contributed by atoms with Gasteiger partial charge in [0.1, 0.15) is 11.4 Å². The third kappa shape index (κ3) is 2.65. The quantitative estimate of drug-likeness (QED) is 0.522. The highest BCUT2D eigenvalue weighted by atomic mass is 16.3. The molecule has 0 atom stereocenters. The molecule has 1 N–H and O–H groups in total. The number of nitrogens with zero attached hydrogens (tertiary/aromatic N) is 2. The lowest BCUT2D eigenvalue weighted by Crippen LogP contribution is -2.51. The molecule has 3 nitrogen and oxygen atoms in total. The predicted octanol–water partition coefficient (Wildman–Crippen LogP) is 6.11. The number of hydrogen-bond donors (Lipinski definition) is 1. The Labute approximate surface area is 181 Å². The Bertz CT molecular complexity index is 1120. The topological polar surface area (TPSA) is 26.7 Å². The molecule has 0 fully saturated rings. The average Bonchev–Trinajstić information content (AvgIpc) is 3.02. The summed E-state index contributed by atoms with van der Waals surface area (Å²) in [5.74, 6) is 0.373. The van der Waals surface area contributed by atoms with Crippen molar-refractivity contribution in [3.8, 4) is 16.9 Å². The smallest absolute Gasteiger partial charge is 0.127 e. The molecule has 0 amide bonds. The second-order valence-corrected chi connectivity index (χ2v) is 8.57. The zero-order valence-electron chi connectivity index (χ0n) is 20.2. The number of hydrogen-bond acceptors (Lipinski definition) is 3. The maximum Gasteiger partial charge on any atom is 0.127 e. The largest absolute Gasteiger partial charge is 0.507 e. The summed E-state index contributed by atoms with van der Waals surface area (Å²) in [6.07, 6.45) is 0. The molecule has 1 aliphatic rings. The Hall–Kier alpha value is -2.36. The standard InChI is InChI=1S/C25H30N2O.C2H6/c1-14-15(2)17(4)23-22(16(14)3)21(28)13-20-24(23)18-11-9-10-12-19(18)25(20,26(5)6)27(7)8;1-2/h9-13,28H,1-8H3;1-2H3. The summed E-state index contributed by atoms with van der Waals surface area (Å²) in [5, 5.41) is 13.4. The van der Waals surface area contributed by atoms with E-state index in [1.165, 1.54) is 44.3 Å². The van der Waals surface area contributed by atoms with Gasteiger partial charge < -0.3 is 5.11 Å². The summed E-state index contributed by atoms with van der Waals surface area (Å²) in [7, 11) is 8.47. The van der Waals surface area contributed by atoms with Crippen LogP contribution in [0.25, 0.3) is 21.9 Å². The van der Waals surface area contributed by atoms with Crippen LogP contribution in [0.5, 0.6) is 5.75 Å².